The van der Waals surface area contributed by atoms with E-state index in [0.717, 1.165) is 19.3 Å². The molecule has 15 heavy (non-hydrogen) atoms. The zero-order valence-corrected chi connectivity index (χ0v) is 9.79. The quantitative estimate of drug-likeness (QED) is 0.698. The van der Waals surface area contributed by atoms with Crippen molar-refractivity contribution in [1.29, 1.82) is 0 Å². The second-order valence-electron chi connectivity index (χ2n) is 3.95. The summed E-state index contributed by atoms with van der Waals surface area (Å²) in [5.41, 5.74) is 0. The Morgan fingerprint density at radius 3 is 2.87 bits per heavy atom. The summed E-state index contributed by atoms with van der Waals surface area (Å²) in [5.74, 6) is -0.181. The van der Waals surface area contributed by atoms with E-state index in [9.17, 15) is 4.79 Å². The van der Waals surface area contributed by atoms with Gasteiger partial charge in [-0.15, -0.1) is 0 Å². The van der Waals surface area contributed by atoms with Crippen molar-refractivity contribution in [1.82, 2.24) is 5.32 Å². The smallest absolute Gasteiger partial charge is 0.322 e. The van der Waals surface area contributed by atoms with Gasteiger partial charge in [-0.3, -0.25) is 10.1 Å². The first-order valence-electron chi connectivity index (χ1n) is 5.64. The van der Waals surface area contributed by atoms with Gasteiger partial charge in [-0.25, -0.2) is 0 Å². The molecule has 0 bridgehead atoms. The summed E-state index contributed by atoms with van der Waals surface area (Å²) < 4.78 is 10.3. The van der Waals surface area contributed by atoms with Crippen molar-refractivity contribution in [2.24, 2.45) is 0 Å². The van der Waals surface area contributed by atoms with Crippen molar-refractivity contribution >= 4 is 5.97 Å². The van der Waals surface area contributed by atoms with Crippen LogP contribution in [0, 0.1) is 0 Å². The summed E-state index contributed by atoms with van der Waals surface area (Å²) in [6.07, 6.45) is 3.54. The van der Waals surface area contributed by atoms with Gasteiger partial charge in [-0.2, -0.15) is 0 Å². The van der Waals surface area contributed by atoms with Gasteiger partial charge in [-0.1, -0.05) is 0 Å². The largest absolute Gasteiger partial charge is 0.465 e. The molecule has 1 aliphatic rings. The maximum absolute atomic E-state index is 11.4. The molecule has 0 amide bonds. The number of esters is 1. The van der Waals surface area contributed by atoms with E-state index in [0.29, 0.717) is 6.61 Å². The first kappa shape index (κ1) is 12.5. The number of hydrogen-bond acceptors (Lipinski definition) is 4. The van der Waals surface area contributed by atoms with E-state index in [1.54, 1.807) is 7.11 Å². The predicted octanol–water partition coefficient (Wildman–Crippen LogP) is 1.10. The average molecular weight is 215 g/mol. The number of carbonyl (C=O) groups excluding carboxylic acids is 1. The normalized spacial score (nSPS) is 27.7. The Bertz CT molecular complexity index is 208. The predicted molar refractivity (Wildman–Crippen MR) is 57.7 cm³/mol. The minimum absolute atomic E-state index is 0.181. The van der Waals surface area contributed by atoms with Crippen LogP contribution in [0.15, 0.2) is 0 Å². The van der Waals surface area contributed by atoms with E-state index in [-0.39, 0.29) is 24.2 Å². The van der Waals surface area contributed by atoms with E-state index < -0.39 is 0 Å². The van der Waals surface area contributed by atoms with Gasteiger partial charge in [0.15, 0.2) is 0 Å². The Balaban J connectivity index is 2.36. The van der Waals surface area contributed by atoms with E-state index in [1.165, 1.54) is 0 Å². The van der Waals surface area contributed by atoms with Crippen LogP contribution in [0.4, 0.5) is 0 Å². The van der Waals surface area contributed by atoms with Crippen molar-refractivity contribution in [3.05, 3.63) is 0 Å². The molecule has 1 aliphatic carbocycles. The first-order chi connectivity index (χ1) is 7.19. The third-order valence-electron chi connectivity index (χ3n) is 2.86. The fraction of sp³-hybridized carbons (Fsp3) is 0.909. The van der Waals surface area contributed by atoms with Gasteiger partial charge in [0.1, 0.15) is 6.04 Å². The molecule has 0 saturated heterocycles. The van der Waals surface area contributed by atoms with Crippen LogP contribution >= 0.6 is 0 Å². The van der Waals surface area contributed by atoms with Crippen LogP contribution in [-0.2, 0) is 14.3 Å². The molecular weight excluding hydrogens is 194 g/mol. The second kappa shape index (κ2) is 6.08. The molecule has 88 valence electrons. The van der Waals surface area contributed by atoms with Crippen molar-refractivity contribution in [2.75, 3.05) is 13.7 Å². The summed E-state index contributed by atoms with van der Waals surface area (Å²) in [5, 5.41) is 3.26. The summed E-state index contributed by atoms with van der Waals surface area (Å²) in [4.78, 5) is 11.4. The maximum Gasteiger partial charge on any atom is 0.322 e. The van der Waals surface area contributed by atoms with Gasteiger partial charge in [-0.05, 0) is 33.1 Å². The maximum atomic E-state index is 11.4. The molecule has 0 heterocycles. The molecule has 3 unspecified atom stereocenters. The van der Waals surface area contributed by atoms with Gasteiger partial charge < -0.3 is 9.47 Å². The van der Waals surface area contributed by atoms with Gasteiger partial charge in [0, 0.05) is 13.2 Å². The van der Waals surface area contributed by atoms with Crippen molar-refractivity contribution < 1.29 is 14.3 Å². The number of rotatable bonds is 5. The van der Waals surface area contributed by atoms with E-state index >= 15 is 0 Å². The van der Waals surface area contributed by atoms with Gasteiger partial charge in [0.25, 0.3) is 0 Å². The molecule has 3 atom stereocenters. The highest BCUT2D eigenvalue weighted by atomic mass is 16.5. The van der Waals surface area contributed by atoms with Crippen molar-refractivity contribution in [2.45, 2.75) is 51.3 Å². The van der Waals surface area contributed by atoms with Crippen LogP contribution in [0.25, 0.3) is 0 Å². The first-order valence-corrected chi connectivity index (χ1v) is 5.64. The van der Waals surface area contributed by atoms with Gasteiger partial charge in [0.05, 0.1) is 12.7 Å². The molecule has 1 saturated carbocycles. The number of methoxy groups -OCH3 is 1. The Labute approximate surface area is 91.3 Å². The molecule has 4 nitrogen and oxygen atoms in total. The Morgan fingerprint density at radius 2 is 2.27 bits per heavy atom. The van der Waals surface area contributed by atoms with Crippen LogP contribution in [0.2, 0.25) is 0 Å². The lowest BCUT2D eigenvalue weighted by molar-refractivity contribution is -0.145. The summed E-state index contributed by atoms with van der Waals surface area (Å²) >= 11 is 0. The van der Waals surface area contributed by atoms with Crippen LogP contribution < -0.4 is 5.32 Å². The van der Waals surface area contributed by atoms with Crippen molar-refractivity contribution in [3.8, 4) is 0 Å². The zero-order valence-electron chi connectivity index (χ0n) is 9.79. The Morgan fingerprint density at radius 1 is 1.53 bits per heavy atom. The molecule has 0 radical (unpaired) electrons. The van der Waals surface area contributed by atoms with Gasteiger partial charge in [0.2, 0.25) is 0 Å². The van der Waals surface area contributed by atoms with Crippen LogP contribution in [0.5, 0.6) is 0 Å². The van der Waals surface area contributed by atoms with Gasteiger partial charge >= 0.3 is 5.97 Å². The third kappa shape index (κ3) is 3.47. The molecule has 0 aromatic carbocycles. The lowest BCUT2D eigenvalue weighted by Gasteiger charge is -2.22. The van der Waals surface area contributed by atoms with Crippen molar-refractivity contribution in [3.63, 3.8) is 0 Å². The lowest BCUT2D eigenvalue weighted by atomic mass is 10.2. The van der Waals surface area contributed by atoms with E-state index in [4.69, 9.17) is 9.47 Å². The Hall–Kier alpha value is -0.610. The number of ether oxygens (including phenoxy) is 2. The minimum atomic E-state index is -0.245. The molecular formula is C11H21NO3. The summed E-state index contributed by atoms with van der Waals surface area (Å²) in [6.45, 7) is 4.09. The third-order valence-corrected chi connectivity index (χ3v) is 2.86. The van der Waals surface area contributed by atoms with E-state index in [1.807, 2.05) is 13.8 Å². The number of nitrogens with one attached hydrogen (secondary N) is 1. The fourth-order valence-corrected chi connectivity index (χ4v) is 2.06. The van der Waals surface area contributed by atoms with Crippen LogP contribution in [-0.4, -0.2) is 37.9 Å². The monoisotopic (exact) mass is 215 g/mol. The summed E-state index contributed by atoms with van der Waals surface area (Å²) in [7, 11) is 1.72. The minimum Gasteiger partial charge on any atom is -0.465 e. The molecule has 0 spiro atoms. The molecule has 1 fully saturated rings. The van der Waals surface area contributed by atoms with E-state index in [2.05, 4.69) is 5.32 Å². The zero-order chi connectivity index (χ0) is 11.3. The molecule has 1 N–H and O–H groups in total. The highest BCUT2D eigenvalue weighted by Gasteiger charge is 2.29. The number of carbonyl (C=O) groups is 1. The second-order valence-corrected chi connectivity index (χ2v) is 3.95. The molecule has 0 aromatic heterocycles. The number of hydrogen-bond donors (Lipinski definition) is 1. The molecule has 1 rings (SSSR count). The molecule has 4 heteroatoms. The fourth-order valence-electron chi connectivity index (χ4n) is 2.06. The average Bonchev–Trinajstić information content (AvgIpc) is 2.65. The topological polar surface area (TPSA) is 47.6 Å². The Kier molecular flexibility index (Phi) is 5.05. The lowest BCUT2D eigenvalue weighted by Crippen LogP contribution is -2.46. The van der Waals surface area contributed by atoms with Crippen LogP contribution in [0.3, 0.4) is 0 Å². The molecule has 0 aromatic rings. The standard InChI is InChI=1S/C11H21NO3/c1-4-15-11(13)8(2)12-9-6-5-7-10(9)14-3/h8-10,12H,4-7H2,1-3H3. The SMILES string of the molecule is CCOC(=O)C(C)NC1CCCC1OC. The highest BCUT2D eigenvalue weighted by Crippen LogP contribution is 2.21. The highest BCUT2D eigenvalue weighted by molar-refractivity contribution is 5.75. The molecule has 0 aliphatic heterocycles. The summed E-state index contributed by atoms with van der Waals surface area (Å²) in [6, 6.07) is 0.0418. The van der Waals surface area contributed by atoms with Crippen LogP contribution in [0.1, 0.15) is 33.1 Å².